The van der Waals surface area contributed by atoms with Crippen molar-refractivity contribution in [1.29, 1.82) is 0 Å². The molecule has 1 aromatic heterocycles. The van der Waals surface area contributed by atoms with Crippen LogP contribution in [0.3, 0.4) is 0 Å². The molecule has 2 heterocycles. The maximum absolute atomic E-state index is 11.8. The number of carboxylic acid groups (broad SMARTS) is 1. The van der Waals surface area contributed by atoms with Crippen molar-refractivity contribution in [3.63, 3.8) is 0 Å². The smallest absolute Gasteiger partial charge is 0.338 e. The van der Waals surface area contributed by atoms with E-state index in [0.29, 0.717) is 36.5 Å². The van der Waals surface area contributed by atoms with Crippen molar-refractivity contribution in [3.8, 4) is 11.3 Å². The van der Waals surface area contributed by atoms with Gasteiger partial charge in [0.2, 0.25) is 0 Å². The third-order valence-electron chi connectivity index (χ3n) is 3.95. The Labute approximate surface area is 133 Å². The number of carboxylic acids is 1. The van der Waals surface area contributed by atoms with Gasteiger partial charge in [0.15, 0.2) is 0 Å². The molecule has 1 aliphatic rings. The largest absolute Gasteiger partial charge is 0.481 e. The number of likely N-dealkylation sites (tertiary alicyclic amines) is 1. The Kier molecular flexibility index (Phi) is 4.16. The number of ether oxygens (including phenoxy) is 1. The summed E-state index contributed by atoms with van der Waals surface area (Å²) in [6.45, 7) is 1.62. The second kappa shape index (κ2) is 6.26. The van der Waals surface area contributed by atoms with E-state index in [1.54, 1.807) is 18.2 Å². The highest BCUT2D eigenvalue weighted by Gasteiger charge is 2.32. The lowest BCUT2D eigenvalue weighted by Gasteiger charge is -2.35. The summed E-state index contributed by atoms with van der Waals surface area (Å²) >= 11 is 0. The number of hydrogen-bond acceptors (Lipinski definition) is 5. The number of hydrogen-bond donors (Lipinski definition) is 1. The van der Waals surface area contributed by atoms with Crippen LogP contribution in [0.5, 0.6) is 0 Å². The summed E-state index contributed by atoms with van der Waals surface area (Å²) in [5.74, 6) is -0.122. The molecule has 0 atom stereocenters. The number of carbonyl (C=O) groups excluding carboxylic acids is 1. The summed E-state index contributed by atoms with van der Waals surface area (Å²) in [6.07, 6.45) is 0. The second-order valence-corrected chi connectivity index (χ2v) is 5.53. The SMILES string of the molecule is COC(=O)c1ccccc1-c1ccc(CN2CC(C(=O)O)C2)o1. The van der Waals surface area contributed by atoms with Crippen LogP contribution < -0.4 is 0 Å². The maximum atomic E-state index is 11.8. The van der Waals surface area contributed by atoms with E-state index in [0.717, 1.165) is 5.76 Å². The topological polar surface area (TPSA) is 80.0 Å². The van der Waals surface area contributed by atoms with E-state index in [4.69, 9.17) is 14.3 Å². The number of esters is 1. The number of furan rings is 1. The first-order valence-corrected chi connectivity index (χ1v) is 7.30. The first-order chi connectivity index (χ1) is 11.1. The Bertz CT molecular complexity index is 730. The van der Waals surface area contributed by atoms with Gasteiger partial charge in [0.1, 0.15) is 11.5 Å². The number of carbonyl (C=O) groups is 2. The molecule has 1 N–H and O–H groups in total. The van der Waals surface area contributed by atoms with Gasteiger partial charge in [0, 0.05) is 18.7 Å². The van der Waals surface area contributed by atoms with Crippen LogP contribution in [0.2, 0.25) is 0 Å². The van der Waals surface area contributed by atoms with Crippen molar-refractivity contribution in [2.24, 2.45) is 5.92 Å². The average molecular weight is 315 g/mol. The van der Waals surface area contributed by atoms with Crippen LogP contribution in [0, 0.1) is 5.92 Å². The van der Waals surface area contributed by atoms with Crippen molar-refractivity contribution in [1.82, 2.24) is 4.90 Å². The summed E-state index contributed by atoms with van der Waals surface area (Å²) in [6, 6.07) is 10.8. The fourth-order valence-corrected chi connectivity index (χ4v) is 2.67. The summed E-state index contributed by atoms with van der Waals surface area (Å²) in [5, 5.41) is 8.88. The van der Waals surface area contributed by atoms with Gasteiger partial charge in [0.25, 0.3) is 0 Å². The molecule has 6 heteroatoms. The molecular weight excluding hydrogens is 298 g/mol. The van der Waals surface area contributed by atoms with Gasteiger partial charge in [-0.15, -0.1) is 0 Å². The Hall–Kier alpha value is -2.60. The quantitative estimate of drug-likeness (QED) is 0.853. The second-order valence-electron chi connectivity index (χ2n) is 5.53. The molecule has 6 nitrogen and oxygen atoms in total. The molecule has 1 fully saturated rings. The zero-order valence-corrected chi connectivity index (χ0v) is 12.7. The van der Waals surface area contributed by atoms with Crippen LogP contribution in [0.15, 0.2) is 40.8 Å². The van der Waals surface area contributed by atoms with Crippen molar-refractivity contribution < 1.29 is 23.8 Å². The van der Waals surface area contributed by atoms with Crippen LogP contribution in [0.1, 0.15) is 16.1 Å². The molecule has 3 rings (SSSR count). The molecule has 1 aromatic carbocycles. The average Bonchev–Trinajstić information content (AvgIpc) is 2.97. The number of aliphatic carboxylic acids is 1. The van der Waals surface area contributed by atoms with Crippen molar-refractivity contribution in [2.45, 2.75) is 6.54 Å². The summed E-state index contributed by atoms with van der Waals surface area (Å²) < 4.78 is 10.6. The van der Waals surface area contributed by atoms with E-state index < -0.39 is 11.9 Å². The number of nitrogens with zero attached hydrogens (tertiary/aromatic N) is 1. The molecule has 2 aromatic rings. The first kappa shape index (κ1) is 15.3. The minimum atomic E-state index is -0.756. The van der Waals surface area contributed by atoms with Crippen molar-refractivity contribution in [2.75, 3.05) is 20.2 Å². The highest BCUT2D eigenvalue weighted by molar-refractivity contribution is 5.96. The molecule has 0 amide bonds. The highest BCUT2D eigenvalue weighted by atomic mass is 16.5. The molecule has 120 valence electrons. The van der Waals surface area contributed by atoms with E-state index in [1.807, 2.05) is 23.1 Å². The van der Waals surface area contributed by atoms with Gasteiger partial charge in [-0.05, 0) is 18.2 Å². The van der Waals surface area contributed by atoms with Gasteiger partial charge in [-0.2, -0.15) is 0 Å². The van der Waals surface area contributed by atoms with Crippen molar-refractivity contribution >= 4 is 11.9 Å². The predicted octanol–water partition coefficient (Wildman–Crippen LogP) is 2.25. The minimum absolute atomic E-state index is 0.288. The molecule has 0 radical (unpaired) electrons. The Morgan fingerprint density at radius 3 is 2.70 bits per heavy atom. The van der Waals surface area contributed by atoms with Crippen LogP contribution >= 0.6 is 0 Å². The lowest BCUT2D eigenvalue weighted by Crippen LogP contribution is -2.49. The molecule has 0 unspecified atom stereocenters. The van der Waals surface area contributed by atoms with Gasteiger partial charge in [-0.1, -0.05) is 18.2 Å². The first-order valence-electron chi connectivity index (χ1n) is 7.30. The summed E-state index contributed by atoms with van der Waals surface area (Å²) in [7, 11) is 1.34. The molecule has 23 heavy (non-hydrogen) atoms. The molecule has 1 saturated heterocycles. The highest BCUT2D eigenvalue weighted by Crippen LogP contribution is 2.28. The van der Waals surface area contributed by atoms with E-state index in [9.17, 15) is 9.59 Å². The van der Waals surface area contributed by atoms with Gasteiger partial charge in [-0.3, -0.25) is 9.69 Å². The van der Waals surface area contributed by atoms with E-state index in [-0.39, 0.29) is 5.92 Å². The van der Waals surface area contributed by atoms with Gasteiger partial charge in [-0.25, -0.2) is 4.79 Å². The molecule has 0 saturated carbocycles. The standard InChI is InChI=1S/C17H17NO5/c1-22-17(21)14-5-3-2-4-13(14)15-7-6-12(23-15)10-18-8-11(9-18)16(19)20/h2-7,11H,8-10H2,1H3,(H,19,20). The van der Waals surface area contributed by atoms with Crippen LogP contribution in [0.25, 0.3) is 11.3 Å². The van der Waals surface area contributed by atoms with E-state index in [2.05, 4.69) is 0 Å². The van der Waals surface area contributed by atoms with Crippen LogP contribution in [0.4, 0.5) is 0 Å². The predicted molar refractivity (Wildman–Crippen MR) is 81.9 cm³/mol. The normalized spacial score (nSPS) is 15.2. The zero-order valence-electron chi connectivity index (χ0n) is 12.7. The lowest BCUT2D eigenvalue weighted by atomic mass is 10.0. The van der Waals surface area contributed by atoms with E-state index in [1.165, 1.54) is 7.11 Å². The maximum Gasteiger partial charge on any atom is 0.338 e. The molecular formula is C17H17NO5. The fraction of sp³-hybridized carbons (Fsp3) is 0.294. The molecule has 0 spiro atoms. The fourth-order valence-electron chi connectivity index (χ4n) is 2.67. The Morgan fingerprint density at radius 1 is 1.26 bits per heavy atom. The Morgan fingerprint density at radius 2 is 2.00 bits per heavy atom. The third-order valence-corrected chi connectivity index (χ3v) is 3.95. The number of rotatable bonds is 5. The van der Waals surface area contributed by atoms with Crippen LogP contribution in [-0.2, 0) is 16.1 Å². The van der Waals surface area contributed by atoms with E-state index >= 15 is 0 Å². The molecule has 0 bridgehead atoms. The number of benzene rings is 1. The lowest BCUT2D eigenvalue weighted by molar-refractivity contribution is -0.147. The monoisotopic (exact) mass is 315 g/mol. The van der Waals surface area contributed by atoms with Crippen molar-refractivity contribution in [3.05, 3.63) is 47.7 Å². The molecule has 1 aliphatic heterocycles. The molecule has 0 aliphatic carbocycles. The summed E-state index contributed by atoms with van der Waals surface area (Å²) in [5.41, 5.74) is 1.13. The van der Waals surface area contributed by atoms with Gasteiger partial charge in [0.05, 0.1) is 25.1 Å². The summed E-state index contributed by atoms with van der Waals surface area (Å²) in [4.78, 5) is 24.6. The number of methoxy groups -OCH3 is 1. The zero-order chi connectivity index (χ0) is 16.4. The third kappa shape index (κ3) is 3.12. The van der Waals surface area contributed by atoms with Gasteiger partial charge >= 0.3 is 11.9 Å². The minimum Gasteiger partial charge on any atom is -0.481 e. The van der Waals surface area contributed by atoms with Gasteiger partial charge < -0.3 is 14.3 Å². The van der Waals surface area contributed by atoms with Crippen LogP contribution in [-0.4, -0.2) is 42.1 Å². The Balaban J connectivity index is 1.73.